The second-order valence-corrected chi connectivity index (χ2v) is 5.48. The molecule has 1 heterocycles. The van der Waals surface area contributed by atoms with Crippen LogP contribution in [0.25, 0.3) is 0 Å². The molecular weight excluding hydrogens is 257 g/mol. The fourth-order valence-electron chi connectivity index (χ4n) is 1.96. The number of hydrogen-bond acceptors (Lipinski definition) is 2. The highest BCUT2D eigenvalue weighted by molar-refractivity contribution is 6.30. The zero-order chi connectivity index (χ0) is 13.5. The monoisotopic (exact) mass is 271 g/mol. The lowest BCUT2D eigenvalue weighted by Gasteiger charge is -2.49. The molecule has 18 heavy (non-hydrogen) atoms. The average molecular weight is 272 g/mol. The van der Waals surface area contributed by atoms with Crippen LogP contribution >= 0.6 is 11.6 Å². The molecule has 0 aliphatic carbocycles. The highest BCUT2D eigenvalue weighted by atomic mass is 35.5. The number of carbonyl (C=O) groups excluding carboxylic acids is 1. The minimum Gasteiger partial charge on any atom is -0.386 e. The smallest absolute Gasteiger partial charge is 0.257 e. The first-order valence-corrected chi connectivity index (χ1v) is 6.18. The normalized spacial score (nSPS) is 17.8. The number of nitrogens with zero attached hydrogens (tertiary/aromatic N) is 1. The molecule has 0 bridgehead atoms. The van der Waals surface area contributed by atoms with E-state index in [1.807, 2.05) is 13.8 Å². The van der Waals surface area contributed by atoms with E-state index in [0.717, 1.165) is 6.07 Å². The summed E-state index contributed by atoms with van der Waals surface area (Å²) < 4.78 is 13.6. The highest BCUT2D eigenvalue weighted by Crippen LogP contribution is 2.30. The Kier molecular flexibility index (Phi) is 3.34. The maximum Gasteiger partial charge on any atom is 0.257 e. The van der Waals surface area contributed by atoms with Crippen molar-refractivity contribution in [1.82, 2.24) is 4.90 Å². The third kappa shape index (κ3) is 2.22. The Balaban J connectivity index is 2.11. The van der Waals surface area contributed by atoms with Crippen LogP contribution in [0, 0.1) is 11.7 Å². The van der Waals surface area contributed by atoms with E-state index in [9.17, 15) is 14.3 Å². The summed E-state index contributed by atoms with van der Waals surface area (Å²) in [7, 11) is 0. The Morgan fingerprint density at radius 1 is 1.50 bits per heavy atom. The fourth-order valence-corrected chi connectivity index (χ4v) is 2.12. The number of halogens is 2. The van der Waals surface area contributed by atoms with E-state index in [2.05, 4.69) is 0 Å². The van der Waals surface area contributed by atoms with Crippen molar-refractivity contribution in [1.29, 1.82) is 0 Å². The minimum atomic E-state index is -0.849. The van der Waals surface area contributed by atoms with Crippen molar-refractivity contribution < 1.29 is 14.3 Å². The third-order valence-corrected chi connectivity index (χ3v) is 3.69. The van der Waals surface area contributed by atoms with Gasteiger partial charge in [-0.1, -0.05) is 25.4 Å². The third-order valence-electron chi connectivity index (χ3n) is 3.45. The summed E-state index contributed by atoms with van der Waals surface area (Å²) in [6.07, 6.45) is 0. The quantitative estimate of drug-likeness (QED) is 0.897. The van der Waals surface area contributed by atoms with Crippen LogP contribution in [0.2, 0.25) is 5.02 Å². The van der Waals surface area contributed by atoms with Crippen molar-refractivity contribution in [3.8, 4) is 0 Å². The first-order chi connectivity index (χ1) is 8.33. The van der Waals surface area contributed by atoms with Gasteiger partial charge in [-0.2, -0.15) is 0 Å². The molecule has 2 rings (SSSR count). The van der Waals surface area contributed by atoms with Crippen molar-refractivity contribution in [2.24, 2.45) is 5.92 Å². The molecule has 1 N–H and O–H groups in total. The first-order valence-electron chi connectivity index (χ1n) is 5.80. The van der Waals surface area contributed by atoms with Crippen molar-refractivity contribution in [3.05, 3.63) is 34.6 Å². The Hall–Kier alpha value is -1.13. The summed E-state index contributed by atoms with van der Waals surface area (Å²) in [4.78, 5) is 13.4. The summed E-state index contributed by atoms with van der Waals surface area (Å²) in [6.45, 7) is 4.27. The van der Waals surface area contributed by atoms with Crippen LogP contribution < -0.4 is 0 Å². The molecule has 3 nitrogen and oxygen atoms in total. The summed E-state index contributed by atoms with van der Waals surface area (Å²) >= 11 is 5.63. The topological polar surface area (TPSA) is 40.5 Å². The van der Waals surface area contributed by atoms with E-state index in [4.69, 9.17) is 11.6 Å². The molecule has 0 spiro atoms. The van der Waals surface area contributed by atoms with E-state index in [-0.39, 0.29) is 29.6 Å². The van der Waals surface area contributed by atoms with Gasteiger partial charge in [-0.3, -0.25) is 4.79 Å². The molecule has 0 aromatic heterocycles. The number of rotatable bonds is 2. The van der Waals surface area contributed by atoms with E-state index in [1.54, 1.807) is 0 Å². The van der Waals surface area contributed by atoms with Crippen molar-refractivity contribution in [2.45, 2.75) is 19.4 Å². The molecular formula is C13H15ClFNO2. The molecule has 1 aromatic rings. The van der Waals surface area contributed by atoms with E-state index in [1.165, 1.54) is 17.0 Å². The van der Waals surface area contributed by atoms with Crippen LogP contribution in [0.15, 0.2) is 18.2 Å². The summed E-state index contributed by atoms with van der Waals surface area (Å²) in [5.41, 5.74) is -0.858. The fraction of sp³-hybridized carbons (Fsp3) is 0.462. The predicted octanol–water partition coefficient (Wildman–Crippen LogP) is 2.32. The molecule has 0 saturated carbocycles. The first kappa shape index (κ1) is 13.3. The highest BCUT2D eigenvalue weighted by Gasteiger charge is 2.46. The van der Waals surface area contributed by atoms with Crippen molar-refractivity contribution >= 4 is 17.5 Å². The zero-order valence-electron chi connectivity index (χ0n) is 10.3. The lowest BCUT2D eigenvalue weighted by molar-refractivity contribution is -0.111. The SMILES string of the molecule is CC(C)C1(O)CN(C(=O)c2ccc(Cl)cc2F)C1. The number of benzene rings is 1. The van der Waals surface area contributed by atoms with Gasteiger partial charge in [-0.15, -0.1) is 0 Å². The molecule has 0 radical (unpaired) electrons. The van der Waals surface area contributed by atoms with Gasteiger partial charge in [0.05, 0.1) is 18.7 Å². The van der Waals surface area contributed by atoms with Crippen LogP contribution in [0.4, 0.5) is 4.39 Å². The number of likely N-dealkylation sites (tertiary alicyclic amines) is 1. The molecule has 0 atom stereocenters. The minimum absolute atomic E-state index is 0.00907. The number of hydrogen-bond donors (Lipinski definition) is 1. The molecule has 1 aliphatic rings. The van der Waals surface area contributed by atoms with Gasteiger partial charge in [0.25, 0.3) is 5.91 Å². The Morgan fingerprint density at radius 2 is 2.11 bits per heavy atom. The van der Waals surface area contributed by atoms with Gasteiger partial charge >= 0.3 is 0 Å². The molecule has 1 aromatic carbocycles. The largest absolute Gasteiger partial charge is 0.386 e. The standard InChI is InChI=1S/C13H15ClFNO2/c1-8(2)13(18)6-16(7-13)12(17)10-4-3-9(14)5-11(10)15/h3-5,8,18H,6-7H2,1-2H3. The Morgan fingerprint density at radius 3 is 2.61 bits per heavy atom. The molecule has 5 heteroatoms. The van der Waals surface area contributed by atoms with Gasteiger partial charge in [0.15, 0.2) is 0 Å². The van der Waals surface area contributed by atoms with Crippen molar-refractivity contribution in [2.75, 3.05) is 13.1 Å². The molecule has 1 saturated heterocycles. The van der Waals surface area contributed by atoms with Gasteiger partial charge < -0.3 is 10.0 Å². The maximum atomic E-state index is 13.6. The molecule has 1 amide bonds. The Labute approximate surface area is 110 Å². The molecule has 98 valence electrons. The van der Waals surface area contributed by atoms with Gasteiger partial charge in [0.1, 0.15) is 11.4 Å². The molecule has 1 aliphatic heterocycles. The zero-order valence-corrected chi connectivity index (χ0v) is 11.0. The van der Waals surface area contributed by atoms with Gasteiger partial charge in [-0.05, 0) is 24.1 Å². The average Bonchev–Trinajstić information content (AvgIpc) is 2.23. The van der Waals surface area contributed by atoms with Crippen LogP contribution in [-0.4, -0.2) is 34.6 Å². The second kappa shape index (κ2) is 4.52. The van der Waals surface area contributed by atoms with Crippen molar-refractivity contribution in [3.63, 3.8) is 0 Å². The lowest BCUT2D eigenvalue weighted by atomic mass is 9.82. The van der Waals surface area contributed by atoms with Crippen LogP contribution in [0.1, 0.15) is 24.2 Å². The van der Waals surface area contributed by atoms with Crippen LogP contribution in [-0.2, 0) is 0 Å². The summed E-state index contributed by atoms with van der Waals surface area (Å²) in [6, 6.07) is 3.96. The number of amides is 1. The van der Waals surface area contributed by atoms with E-state index < -0.39 is 17.3 Å². The Bertz CT molecular complexity index is 484. The number of carbonyl (C=O) groups is 1. The molecule has 0 unspecified atom stereocenters. The van der Waals surface area contributed by atoms with E-state index in [0.29, 0.717) is 0 Å². The van der Waals surface area contributed by atoms with Gasteiger partial charge in [-0.25, -0.2) is 4.39 Å². The maximum absolute atomic E-state index is 13.6. The van der Waals surface area contributed by atoms with E-state index >= 15 is 0 Å². The summed E-state index contributed by atoms with van der Waals surface area (Å²) in [5.74, 6) is -0.974. The lowest BCUT2D eigenvalue weighted by Crippen LogP contribution is -2.66. The second-order valence-electron chi connectivity index (χ2n) is 5.04. The van der Waals surface area contributed by atoms with Gasteiger partial charge in [0, 0.05) is 5.02 Å². The number of β-amino-alcohol motifs (C(OH)–C–C–N with tert-alkyl or cyclic N) is 1. The predicted molar refractivity (Wildman–Crippen MR) is 67.1 cm³/mol. The summed E-state index contributed by atoms with van der Waals surface area (Å²) in [5, 5.41) is 10.3. The van der Waals surface area contributed by atoms with Crippen LogP contribution in [0.3, 0.4) is 0 Å². The van der Waals surface area contributed by atoms with Gasteiger partial charge in [0.2, 0.25) is 0 Å². The number of aliphatic hydroxyl groups is 1. The van der Waals surface area contributed by atoms with Crippen LogP contribution in [0.5, 0.6) is 0 Å². The molecule has 1 fully saturated rings.